The molecule has 0 aromatic heterocycles. The summed E-state index contributed by atoms with van der Waals surface area (Å²) in [5.41, 5.74) is 2.16. The standard InChI is InChI=1S/C14H29N/c1-12(8-9-15-7)10-14(5,6)11-13(2,3)4/h15H,1,8-11H2,2-7H3. The van der Waals surface area contributed by atoms with E-state index in [2.05, 4.69) is 46.5 Å². The molecule has 1 nitrogen and oxygen atoms in total. The molecule has 1 heteroatoms. The lowest BCUT2D eigenvalue weighted by Gasteiger charge is -2.33. The SMILES string of the molecule is C=C(CCNC)CC(C)(C)CC(C)(C)C. The molecule has 0 saturated carbocycles. The zero-order valence-corrected chi connectivity index (χ0v) is 11.5. The van der Waals surface area contributed by atoms with Crippen LogP contribution in [0.3, 0.4) is 0 Å². The van der Waals surface area contributed by atoms with Crippen LogP contribution < -0.4 is 5.32 Å². The maximum absolute atomic E-state index is 4.17. The molecule has 1 N–H and O–H groups in total. The van der Waals surface area contributed by atoms with Crippen molar-refractivity contribution in [3.63, 3.8) is 0 Å². The Morgan fingerprint density at radius 2 is 1.67 bits per heavy atom. The van der Waals surface area contributed by atoms with E-state index in [-0.39, 0.29) is 0 Å². The first kappa shape index (κ1) is 14.7. The van der Waals surface area contributed by atoms with Gasteiger partial charge >= 0.3 is 0 Å². The van der Waals surface area contributed by atoms with Crippen molar-refractivity contribution in [2.45, 2.75) is 53.9 Å². The Bertz CT molecular complexity index is 196. The van der Waals surface area contributed by atoms with E-state index in [4.69, 9.17) is 0 Å². The van der Waals surface area contributed by atoms with Crippen molar-refractivity contribution < 1.29 is 0 Å². The van der Waals surface area contributed by atoms with Gasteiger partial charge in [-0.05, 0) is 43.7 Å². The Morgan fingerprint density at radius 3 is 2.07 bits per heavy atom. The van der Waals surface area contributed by atoms with E-state index in [1.165, 1.54) is 12.0 Å². The van der Waals surface area contributed by atoms with Gasteiger partial charge in [0.25, 0.3) is 0 Å². The van der Waals surface area contributed by atoms with Crippen molar-refractivity contribution in [2.75, 3.05) is 13.6 Å². The molecule has 0 aliphatic rings. The Morgan fingerprint density at radius 1 is 1.13 bits per heavy atom. The number of nitrogens with one attached hydrogen (secondary N) is 1. The van der Waals surface area contributed by atoms with Crippen LogP contribution in [0.2, 0.25) is 0 Å². The van der Waals surface area contributed by atoms with Crippen molar-refractivity contribution in [1.82, 2.24) is 5.32 Å². The lowest BCUT2D eigenvalue weighted by Crippen LogP contribution is -2.21. The normalized spacial score (nSPS) is 12.9. The second-order valence-electron chi connectivity index (χ2n) is 6.68. The highest BCUT2D eigenvalue weighted by Crippen LogP contribution is 2.37. The fraction of sp³-hybridized carbons (Fsp3) is 0.857. The lowest BCUT2D eigenvalue weighted by atomic mass is 9.73. The first-order valence-corrected chi connectivity index (χ1v) is 5.97. The summed E-state index contributed by atoms with van der Waals surface area (Å²) in [4.78, 5) is 0. The van der Waals surface area contributed by atoms with E-state index in [1.807, 2.05) is 7.05 Å². The molecule has 0 saturated heterocycles. The number of hydrogen-bond acceptors (Lipinski definition) is 1. The van der Waals surface area contributed by atoms with Gasteiger partial charge in [-0.25, -0.2) is 0 Å². The molecule has 0 aliphatic carbocycles. The van der Waals surface area contributed by atoms with Gasteiger partial charge in [0.05, 0.1) is 0 Å². The molecule has 0 bridgehead atoms. The molecule has 0 spiro atoms. The summed E-state index contributed by atoms with van der Waals surface area (Å²) in [5.74, 6) is 0. The van der Waals surface area contributed by atoms with Gasteiger partial charge in [-0.15, -0.1) is 0 Å². The lowest BCUT2D eigenvalue weighted by molar-refractivity contribution is 0.210. The van der Waals surface area contributed by atoms with Crippen LogP contribution >= 0.6 is 0 Å². The Kier molecular flexibility index (Phi) is 5.58. The number of rotatable bonds is 6. The smallest absolute Gasteiger partial charge is 0.00147 e. The second-order valence-corrected chi connectivity index (χ2v) is 6.68. The fourth-order valence-corrected chi connectivity index (χ4v) is 2.57. The quantitative estimate of drug-likeness (QED) is 0.655. The maximum Gasteiger partial charge on any atom is -0.00147 e. The van der Waals surface area contributed by atoms with Gasteiger partial charge in [0.2, 0.25) is 0 Å². The third-order valence-corrected chi connectivity index (χ3v) is 2.47. The van der Waals surface area contributed by atoms with Gasteiger partial charge in [-0.2, -0.15) is 0 Å². The average molecular weight is 211 g/mol. The molecule has 0 fully saturated rings. The molecule has 0 atom stereocenters. The van der Waals surface area contributed by atoms with Crippen LogP contribution in [0.25, 0.3) is 0 Å². The van der Waals surface area contributed by atoms with E-state index < -0.39 is 0 Å². The molecule has 0 amide bonds. The Balaban J connectivity index is 4.07. The zero-order chi connectivity index (χ0) is 12.1. The van der Waals surface area contributed by atoms with Crippen LogP contribution in [-0.2, 0) is 0 Å². The maximum atomic E-state index is 4.17. The minimum absolute atomic E-state index is 0.378. The van der Waals surface area contributed by atoms with Crippen LogP contribution in [0.4, 0.5) is 0 Å². The van der Waals surface area contributed by atoms with Crippen LogP contribution in [0, 0.1) is 10.8 Å². The van der Waals surface area contributed by atoms with Gasteiger partial charge in [-0.1, -0.05) is 46.8 Å². The number of hydrogen-bond donors (Lipinski definition) is 1. The Labute approximate surface area is 96.3 Å². The van der Waals surface area contributed by atoms with Crippen molar-refractivity contribution in [2.24, 2.45) is 10.8 Å². The molecule has 90 valence electrons. The third-order valence-electron chi connectivity index (χ3n) is 2.47. The summed E-state index contributed by atoms with van der Waals surface area (Å²) < 4.78 is 0. The average Bonchev–Trinajstić information content (AvgIpc) is 1.94. The summed E-state index contributed by atoms with van der Waals surface area (Å²) in [5, 5.41) is 3.17. The minimum Gasteiger partial charge on any atom is -0.319 e. The monoisotopic (exact) mass is 211 g/mol. The van der Waals surface area contributed by atoms with Gasteiger partial charge in [0, 0.05) is 0 Å². The fourth-order valence-electron chi connectivity index (χ4n) is 2.57. The Hall–Kier alpha value is -0.300. The van der Waals surface area contributed by atoms with Gasteiger partial charge in [0.15, 0.2) is 0 Å². The topological polar surface area (TPSA) is 12.0 Å². The largest absolute Gasteiger partial charge is 0.319 e. The molecule has 0 radical (unpaired) electrons. The van der Waals surface area contributed by atoms with Gasteiger partial charge in [0.1, 0.15) is 0 Å². The van der Waals surface area contributed by atoms with E-state index >= 15 is 0 Å². The van der Waals surface area contributed by atoms with Crippen molar-refractivity contribution in [3.05, 3.63) is 12.2 Å². The summed E-state index contributed by atoms with van der Waals surface area (Å²) in [6.45, 7) is 16.8. The van der Waals surface area contributed by atoms with Crippen molar-refractivity contribution in [1.29, 1.82) is 0 Å². The minimum atomic E-state index is 0.378. The predicted octanol–water partition coefficient (Wildman–Crippen LogP) is 4.00. The van der Waals surface area contributed by atoms with Crippen LogP contribution in [0.5, 0.6) is 0 Å². The van der Waals surface area contributed by atoms with Crippen LogP contribution in [-0.4, -0.2) is 13.6 Å². The van der Waals surface area contributed by atoms with E-state index in [1.54, 1.807) is 0 Å². The first-order chi connectivity index (χ1) is 6.66. The van der Waals surface area contributed by atoms with Gasteiger partial charge in [-0.3, -0.25) is 0 Å². The van der Waals surface area contributed by atoms with E-state index in [0.29, 0.717) is 10.8 Å². The summed E-state index contributed by atoms with van der Waals surface area (Å²) in [7, 11) is 1.99. The highest BCUT2D eigenvalue weighted by molar-refractivity contribution is 4.99. The zero-order valence-electron chi connectivity index (χ0n) is 11.5. The molecule has 0 aliphatic heterocycles. The molecule has 0 rings (SSSR count). The van der Waals surface area contributed by atoms with Crippen LogP contribution in [0.1, 0.15) is 53.9 Å². The molecular weight excluding hydrogens is 182 g/mol. The third kappa shape index (κ3) is 8.68. The van der Waals surface area contributed by atoms with Crippen LogP contribution in [0.15, 0.2) is 12.2 Å². The second kappa shape index (κ2) is 5.69. The molecule has 0 heterocycles. The molecule has 0 aromatic carbocycles. The van der Waals surface area contributed by atoms with E-state index in [9.17, 15) is 0 Å². The van der Waals surface area contributed by atoms with E-state index in [0.717, 1.165) is 19.4 Å². The highest BCUT2D eigenvalue weighted by Gasteiger charge is 2.25. The summed E-state index contributed by atoms with van der Waals surface area (Å²) in [6, 6.07) is 0. The van der Waals surface area contributed by atoms with Gasteiger partial charge < -0.3 is 5.32 Å². The molecule has 0 aromatic rings. The summed E-state index contributed by atoms with van der Waals surface area (Å²) >= 11 is 0. The molecule has 0 unspecified atom stereocenters. The molecule has 15 heavy (non-hydrogen) atoms. The van der Waals surface area contributed by atoms with Crippen molar-refractivity contribution in [3.8, 4) is 0 Å². The van der Waals surface area contributed by atoms with Crippen molar-refractivity contribution >= 4 is 0 Å². The summed E-state index contributed by atoms with van der Waals surface area (Å²) in [6.07, 6.45) is 3.49. The predicted molar refractivity (Wildman–Crippen MR) is 70.2 cm³/mol. The highest BCUT2D eigenvalue weighted by atomic mass is 14.8. The first-order valence-electron chi connectivity index (χ1n) is 5.97. The molecular formula is C14H29N.